The van der Waals surface area contributed by atoms with E-state index in [1.54, 1.807) is 0 Å². The summed E-state index contributed by atoms with van der Waals surface area (Å²) in [5.74, 6) is 0. The molecular formula is C18H22N2. The van der Waals surface area contributed by atoms with Gasteiger partial charge < -0.3 is 4.90 Å². The van der Waals surface area contributed by atoms with Gasteiger partial charge in [-0.1, -0.05) is 48.5 Å². The molecule has 0 amide bonds. The van der Waals surface area contributed by atoms with E-state index in [-0.39, 0.29) is 0 Å². The Morgan fingerprint density at radius 2 is 1.60 bits per heavy atom. The summed E-state index contributed by atoms with van der Waals surface area (Å²) in [7, 11) is 2.20. The van der Waals surface area contributed by atoms with Crippen LogP contribution in [0.15, 0.2) is 54.6 Å². The Kier molecular flexibility index (Phi) is 3.49. The lowest BCUT2D eigenvalue weighted by Crippen LogP contribution is -2.46. The topological polar surface area (TPSA) is 6.48 Å². The molecule has 1 unspecified atom stereocenters. The lowest BCUT2D eigenvalue weighted by molar-refractivity contribution is 0.133. The number of nitrogens with zero attached hydrogens (tertiary/aromatic N) is 2. The summed E-state index contributed by atoms with van der Waals surface area (Å²) >= 11 is 0. The van der Waals surface area contributed by atoms with Crippen LogP contribution in [0.4, 0.5) is 5.69 Å². The average molecular weight is 266 g/mol. The van der Waals surface area contributed by atoms with Gasteiger partial charge in [-0.25, -0.2) is 0 Å². The molecule has 2 aromatic rings. The van der Waals surface area contributed by atoms with E-state index in [0.29, 0.717) is 12.2 Å². The summed E-state index contributed by atoms with van der Waals surface area (Å²) in [6.45, 7) is 5.56. The number of fused-ring (bicyclic) bond motifs is 1. The second kappa shape index (κ2) is 5.29. The second-order valence-corrected chi connectivity index (χ2v) is 5.79. The van der Waals surface area contributed by atoms with Crippen LogP contribution in [0.25, 0.3) is 0 Å². The van der Waals surface area contributed by atoms with Gasteiger partial charge in [0, 0.05) is 25.3 Å². The fourth-order valence-electron chi connectivity index (χ4n) is 3.13. The van der Waals surface area contributed by atoms with E-state index in [2.05, 4.69) is 85.3 Å². The van der Waals surface area contributed by atoms with Gasteiger partial charge in [0.25, 0.3) is 0 Å². The van der Waals surface area contributed by atoms with Crippen LogP contribution < -0.4 is 4.90 Å². The van der Waals surface area contributed by atoms with E-state index in [1.807, 2.05) is 0 Å². The van der Waals surface area contributed by atoms with Gasteiger partial charge in [0.15, 0.2) is 0 Å². The maximum Gasteiger partial charge on any atom is 0.108 e. The summed E-state index contributed by atoms with van der Waals surface area (Å²) in [4.78, 5) is 4.95. The highest BCUT2D eigenvalue weighted by molar-refractivity contribution is 5.56. The SMILES string of the molecule is CC(C)N1Cc2ccccc2N(C)C1c1ccccc1. The van der Waals surface area contributed by atoms with Gasteiger partial charge in [-0.15, -0.1) is 0 Å². The van der Waals surface area contributed by atoms with Crippen LogP contribution in [0.2, 0.25) is 0 Å². The molecule has 0 saturated heterocycles. The minimum absolute atomic E-state index is 0.311. The van der Waals surface area contributed by atoms with Crippen LogP contribution >= 0.6 is 0 Å². The minimum Gasteiger partial charge on any atom is -0.355 e. The molecule has 2 aromatic carbocycles. The third-order valence-electron chi connectivity index (χ3n) is 4.17. The highest BCUT2D eigenvalue weighted by atomic mass is 15.4. The average Bonchev–Trinajstić information content (AvgIpc) is 2.48. The largest absolute Gasteiger partial charge is 0.355 e. The normalized spacial score (nSPS) is 19.2. The third kappa shape index (κ3) is 2.20. The van der Waals surface area contributed by atoms with Crippen molar-refractivity contribution >= 4 is 5.69 Å². The molecule has 0 N–H and O–H groups in total. The Bertz CT molecular complexity index is 577. The fraction of sp³-hybridized carbons (Fsp3) is 0.333. The van der Waals surface area contributed by atoms with Crippen molar-refractivity contribution in [3.8, 4) is 0 Å². The van der Waals surface area contributed by atoms with Crippen LogP contribution in [0.5, 0.6) is 0 Å². The molecule has 3 rings (SSSR count). The number of hydrogen-bond acceptors (Lipinski definition) is 2. The number of benzene rings is 2. The van der Waals surface area contributed by atoms with Crippen molar-refractivity contribution < 1.29 is 0 Å². The Morgan fingerprint density at radius 1 is 0.950 bits per heavy atom. The highest BCUT2D eigenvalue weighted by Gasteiger charge is 2.32. The van der Waals surface area contributed by atoms with E-state index in [0.717, 1.165) is 6.54 Å². The molecule has 104 valence electrons. The molecule has 0 aliphatic carbocycles. The molecule has 1 aliphatic rings. The van der Waals surface area contributed by atoms with Crippen molar-refractivity contribution in [2.75, 3.05) is 11.9 Å². The minimum atomic E-state index is 0.311. The maximum atomic E-state index is 2.55. The van der Waals surface area contributed by atoms with Gasteiger partial charge in [-0.3, -0.25) is 4.90 Å². The number of hydrogen-bond donors (Lipinski definition) is 0. The van der Waals surface area contributed by atoms with Gasteiger partial charge >= 0.3 is 0 Å². The lowest BCUT2D eigenvalue weighted by Gasteiger charge is -2.46. The molecule has 0 aromatic heterocycles. The Balaban J connectivity index is 2.07. The number of rotatable bonds is 2. The summed E-state index contributed by atoms with van der Waals surface area (Å²) in [6.07, 6.45) is 0.311. The Morgan fingerprint density at radius 3 is 2.30 bits per heavy atom. The van der Waals surface area contributed by atoms with E-state index in [9.17, 15) is 0 Å². The van der Waals surface area contributed by atoms with Crippen molar-refractivity contribution in [3.63, 3.8) is 0 Å². The van der Waals surface area contributed by atoms with Crippen molar-refractivity contribution in [1.82, 2.24) is 4.90 Å². The molecular weight excluding hydrogens is 244 g/mol. The first-order valence-corrected chi connectivity index (χ1v) is 7.30. The first kappa shape index (κ1) is 13.2. The highest BCUT2D eigenvalue weighted by Crippen LogP contribution is 2.38. The van der Waals surface area contributed by atoms with Crippen LogP contribution in [0.3, 0.4) is 0 Å². The summed E-state index contributed by atoms with van der Waals surface area (Å²) < 4.78 is 0. The molecule has 2 heteroatoms. The van der Waals surface area contributed by atoms with Crippen LogP contribution in [0.1, 0.15) is 31.1 Å². The van der Waals surface area contributed by atoms with Gasteiger partial charge in [0.1, 0.15) is 6.17 Å². The predicted molar refractivity (Wildman–Crippen MR) is 84.7 cm³/mol. The molecule has 1 atom stereocenters. The second-order valence-electron chi connectivity index (χ2n) is 5.79. The third-order valence-corrected chi connectivity index (χ3v) is 4.17. The van der Waals surface area contributed by atoms with E-state index in [1.165, 1.54) is 16.8 Å². The quantitative estimate of drug-likeness (QED) is 0.809. The number of anilines is 1. The molecule has 0 fully saturated rings. The van der Waals surface area contributed by atoms with Crippen molar-refractivity contribution in [2.45, 2.75) is 32.6 Å². The Hall–Kier alpha value is -1.80. The fourth-order valence-corrected chi connectivity index (χ4v) is 3.13. The summed E-state index contributed by atoms with van der Waals surface area (Å²) in [6, 6.07) is 20.0. The van der Waals surface area contributed by atoms with E-state index in [4.69, 9.17) is 0 Å². The van der Waals surface area contributed by atoms with Crippen LogP contribution in [-0.4, -0.2) is 18.0 Å². The van der Waals surface area contributed by atoms with Crippen molar-refractivity contribution in [2.24, 2.45) is 0 Å². The maximum absolute atomic E-state index is 2.55. The zero-order valence-electron chi connectivity index (χ0n) is 12.5. The molecule has 0 bridgehead atoms. The predicted octanol–water partition coefficient (Wildman–Crippen LogP) is 4.05. The number of para-hydroxylation sites is 1. The van der Waals surface area contributed by atoms with Crippen molar-refractivity contribution in [3.05, 3.63) is 65.7 Å². The standard InChI is InChI=1S/C18H22N2/c1-14(2)20-13-16-11-7-8-12-17(16)19(3)18(20)15-9-5-4-6-10-15/h4-12,14,18H,13H2,1-3H3. The summed E-state index contributed by atoms with van der Waals surface area (Å²) in [5.41, 5.74) is 4.12. The molecule has 1 heterocycles. The van der Waals surface area contributed by atoms with E-state index < -0.39 is 0 Å². The Labute approximate surface area is 121 Å². The summed E-state index contributed by atoms with van der Waals surface area (Å²) in [5, 5.41) is 0. The van der Waals surface area contributed by atoms with Gasteiger partial charge in [-0.05, 0) is 31.0 Å². The molecule has 20 heavy (non-hydrogen) atoms. The lowest BCUT2D eigenvalue weighted by atomic mass is 10.0. The zero-order valence-corrected chi connectivity index (χ0v) is 12.5. The smallest absolute Gasteiger partial charge is 0.108 e. The van der Waals surface area contributed by atoms with Gasteiger partial charge in [0.05, 0.1) is 0 Å². The van der Waals surface area contributed by atoms with Crippen molar-refractivity contribution in [1.29, 1.82) is 0 Å². The first-order chi connectivity index (χ1) is 9.68. The molecule has 0 radical (unpaired) electrons. The van der Waals surface area contributed by atoms with Gasteiger partial charge in [-0.2, -0.15) is 0 Å². The molecule has 1 aliphatic heterocycles. The van der Waals surface area contributed by atoms with Gasteiger partial charge in [0.2, 0.25) is 0 Å². The van der Waals surface area contributed by atoms with Crippen LogP contribution in [-0.2, 0) is 6.54 Å². The zero-order chi connectivity index (χ0) is 14.1. The molecule has 0 spiro atoms. The van der Waals surface area contributed by atoms with Crippen LogP contribution in [0, 0.1) is 0 Å². The first-order valence-electron chi connectivity index (χ1n) is 7.30. The molecule has 0 saturated carbocycles. The molecule has 2 nitrogen and oxygen atoms in total. The monoisotopic (exact) mass is 266 g/mol. The van der Waals surface area contributed by atoms with E-state index >= 15 is 0 Å².